The number of hydrogen-bond donors (Lipinski definition) is 0. The molecule has 0 aromatic heterocycles. The first-order valence-electron chi connectivity index (χ1n) is 11.2. The highest BCUT2D eigenvalue weighted by molar-refractivity contribution is 5.15. The first kappa shape index (κ1) is 19.8. The third-order valence-electron chi connectivity index (χ3n) is 11.3. The van der Waals surface area contributed by atoms with Gasteiger partial charge in [0, 0.05) is 0 Å². The van der Waals surface area contributed by atoms with E-state index in [1.54, 1.807) is 0 Å². The summed E-state index contributed by atoms with van der Waals surface area (Å²) in [5.74, 6) is 14.5. The first-order chi connectivity index (χ1) is 11.2. The lowest BCUT2D eigenvalue weighted by Crippen LogP contribution is -2.53. The molecule has 0 saturated heterocycles. The minimum Gasteiger partial charge on any atom is -0.0776 e. The van der Waals surface area contributed by atoms with Crippen molar-refractivity contribution < 1.29 is 0 Å². The van der Waals surface area contributed by atoms with Crippen LogP contribution in [0.3, 0.4) is 0 Å². The second-order valence-corrected chi connectivity index (χ2v) is 11.2. The number of rotatable bonds is 0. The lowest BCUT2D eigenvalue weighted by molar-refractivity contribution is -0.105. The fourth-order valence-electron chi connectivity index (χ4n) is 9.32. The Kier molecular flexibility index (Phi) is 4.95. The molecule has 0 spiro atoms. The molecular weight excluding hydrogens is 300 g/mol. The lowest BCUT2D eigenvalue weighted by atomic mass is 9.47. The van der Waals surface area contributed by atoms with Gasteiger partial charge in [-0.25, -0.2) is 0 Å². The van der Waals surface area contributed by atoms with E-state index < -0.39 is 0 Å². The van der Waals surface area contributed by atoms with Crippen LogP contribution in [0.25, 0.3) is 0 Å². The molecule has 0 heteroatoms. The van der Waals surface area contributed by atoms with Crippen LogP contribution in [0.15, 0.2) is 0 Å². The topological polar surface area (TPSA) is 0 Å². The molecule has 0 heterocycles. The van der Waals surface area contributed by atoms with E-state index in [1.807, 2.05) is 0 Å². The minimum absolute atomic E-state index is 0. The second kappa shape index (κ2) is 6.27. The molecule has 4 aliphatic rings. The van der Waals surface area contributed by atoms with Gasteiger partial charge in [0.15, 0.2) is 0 Å². The Bertz CT molecular complexity index is 452. The minimum atomic E-state index is 0. The van der Waals surface area contributed by atoms with Gasteiger partial charge in [-0.2, -0.15) is 0 Å². The Morgan fingerprint density at radius 3 is 0.720 bits per heavy atom. The quantitative estimate of drug-likeness (QED) is 0.439. The maximum Gasteiger partial charge on any atom is -0.0313 e. The van der Waals surface area contributed by atoms with Crippen LogP contribution in [-0.2, 0) is 0 Å². The number of fused-ring (bicyclic) bond motifs is 3. The summed E-state index contributed by atoms with van der Waals surface area (Å²) in [6, 6.07) is 0. The molecule has 4 fully saturated rings. The van der Waals surface area contributed by atoms with Gasteiger partial charge in [0.2, 0.25) is 0 Å². The summed E-state index contributed by atoms with van der Waals surface area (Å²) >= 11 is 0. The van der Waals surface area contributed by atoms with Crippen molar-refractivity contribution in [2.24, 2.45) is 88.8 Å². The second-order valence-electron chi connectivity index (χ2n) is 11.2. The maximum absolute atomic E-state index is 2.63. The molecule has 146 valence electrons. The Morgan fingerprint density at radius 1 is 0.240 bits per heavy atom. The zero-order valence-corrected chi connectivity index (χ0v) is 17.7. The third-order valence-corrected chi connectivity index (χ3v) is 11.3. The molecule has 0 amide bonds. The van der Waals surface area contributed by atoms with Crippen molar-refractivity contribution in [3.05, 3.63) is 0 Å². The smallest absolute Gasteiger partial charge is 0.0313 e. The van der Waals surface area contributed by atoms with E-state index in [4.69, 9.17) is 0 Å². The van der Waals surface area contributed by atoms with Gasteiger partial charge in [-0.3, -0.25) is 0 Å². The lowest BCUT2D eigenvalue weighted by Gasteiger charge is -2.58. The van der Waals surface area contributed by atoms with Crippen LogP contribution in [0.1, 0.15) is 69.7 Å². The van der Waals surface area contributed by atoms with Crippen LogP contribution >= 0.6 is 0 Å². The summed E-state index contributed by atoms with van der Waals surface area (Å²) in [5, 5.41) is 0. The van der Waals surface area contributed by atoms with Crippen LogP contribution in [0.5, 0.6) is 0 Å². The van der Waals surface area contributed by atoms with Crippen molar-refractivity contribution in [2.45, 2.75) is 69.7 Å². The van der Waals surface area contributed by atoms with E-state index in [0.717, 1.165) is 88.8 Å². The predicted molar refractivity (Wildman–Crippen MR) is 110 cm³/mol. The summed E-state index contributed by atoms with van der Waals surface area (Å²) in [6.45, 7) is 23.5. The van der Waals surface area contributed by atoms with Crippen LogP contribution < -0.4 is 0 Å². The van der Waals surface area contributed by atoms with E-state index in [2.05, 4.69) is 62.3 Å². The molecule has 0 nitrogen and oxygen atoms in total. The van der Waals surface area contributed by atoms with Crippen molar-refractivity contribution in [3.8, 4) is 0 Å². The van der Waals surface area contributed by atoms with Gasteiger partial charge in [-0.15, -0.1) is 0 Å². The van der Waals surface area contributed by atoms with Crippen molar-refractivity contribution >= 4 is 0 Å². The molecule has 12 atom stereocenters. The van der Waals surface area contributed by atoms with Gasteiger partial charge in [0.05, 0.1) is 0 Å². The van der Waals surface area contributed by atoms with Gasteiger partial charge >= 0.3 is 0 Å². The molecule has 4 aliphatic carbocycles. The van der Waals surface area contributed by atoms with Crippen molar-refractivity contribution in [2.75, 3.05) is 0 Å². The van der Waals surface area contributed by atoms with Crippen molar-refractivity contribution in [1.82, 2.24) is 0 Å². The van der Waals surface area contributed by atoms with Crippen LogP contribution in [-0.4, -0.2) is 0 Å². The number of hydrogen-bond acceptors (Lipinski definition) is 0. The molecule has 0 radical (unpaired) electrons. The first-order valence-corrected chi connectivity index (χ1v) is 11.2. The molecular formula is C25H46. The molecule has 12 unspecified atom stereocenters. The van der Waals surface area contributed by atoms with E-state index in [9.17, 15) is 0 Å². The van der Waals surface area contributed by atoms with Gasteiger partial charge < -0.3 is 0 Å². The van der Waals surface area contributed by atoms with Crippen molar-refractivity contribution in [1.29, 1.82) is 0 Å². The summed E-state index contributed by atoms with van der Waals surface area (Å²) < 4.78 is 0. The highest BCUT2D eigenvalue weighted by Crippen LogP contribution is 2.72. The van der Waals surface area contributed by atoms with E-state index in [1.165, 1.54) is 0 Å². The average Bonchev–Trinajstić information content (AvgIpc) is 3.00. The normalized spacial score (nSPS) is 65.9. The molecule has 4 saturated carbocycles. The molecule has 0 N–H and O–H groups in total. The Morgan fingerprint density at radius 2 is 0.440 bits per heavy atom. The van der Waals surface area contributed by atoms with E-state index >= 15 is 0 Å². The van der Waals surface area contributed by atoms with Crippen molar-refractivity contribution in [3.63, 3.8) is 0 Å². The predicted octanol–water partition coefficient (Wildman–Crippen LogP) is 7.10. The van der Waals surface area contributed by atoms with Gasteiger partial charge in [0.25, 0.3) is 0 Å². The molecule has 0 aromatic carbocycles. The van der Waals surface area contributed by atoms with Crippen LogP contribution in [0.4, 0.5) is 0 Å². The monoisotopic (exact) mass is 346 g/mol. The molecule has 0 aliphatic heterocycles. The standard InChI is InChI=1S/C24H42.CH4/c1-10-13(4)19-14(5)11(2)18(9)23-21-16(7)12(3)15(6)20(21)22(17(10)8)24(19)23;/h10-24H,1-9H3;1H4. The Balaban J connectivity index is 0.00000182. The van der Waals surface area contributed by atoms with Crippen LogP contribution in [0.2, 0.25) is 0 Å². The zero-order chi connectivity index (χ0) is 17.7. The van der Waals surface area contributed by atoms with E-state index in [-0.39, 0.29) is 7.43 Å². The summed E-state index contributed by atoms with van der Waals surface area (Å²) in [5.41, 5.74) is 0. The molecule has 25 heavy (non-hydrogen) atoms. The maximum atomic E-state index is 2.63. The highest BCUT2D eigenvalue weighted by atomic mass is 14.7. The fraction of sp³-hybridized carbons (Fsp3) is 1.00. The average molecular weight is 347 g/mol. The molecule has 0 bridgehead atoms. The van der Waals surface area contributed by atoms with Gasteiger partial charge in [-0.1, -0.05) is 69.7 Å². The van der Waals surface area contributed by atoms with E-state index in [0.29, 0.717) is 0 Å². The summed E-state index contributed by atoms with van der Waals surface area (Å²) in [6.07, 6.45) is 0. The summed E-state index contributed by atoms with van der Waals surface area (Å²) in [4.78, 5) is 0. The third kappa shape index (κ3) is 2.24. The SMILES string of the molecule is C.CC1C(C)C2C(C1C)C1C(C)C(C)C(C)C3C(C)C(C)C(C)C2C31. The summed E-state index contributed by atoms with van der Waals surface area (Å²) in [7, 11) is 0. The fourth-order valence-corrected chi connectivity index (χ4v) is 9.32. The van der Waals surface area contributed by atoms with Crippen LogP contribution in [0, 0.1) is 88.8 Å². The van der Waals surface area contributed by atoms with Gasteiger partial charge in [0.1, 0.15) is 0 Å². The molecule has 4 rings (SSSR count). The van der Waals surface area contributed by atoms with Gasteiger partial charge in [-0.05, 0) is 88.8 Å². The highest BCUT2D eigenvalue weighted by Gasteiger charge is 2.67. The zero-order valence-electron chi connectivity index (χ0n) is 17.7. The Hall–Kier alpha value is 0. The Labute approximate surface area is 158 Å². The molecule has 0 aromatic rings. The largest absolute Gasteiger partial charge is 0.0776 e.